The highest BCUT2D eigenvalue weighted by Crippen LogP contribution is 2.42. The maximum absolute atomic E-state index is 6.49. The molecule has 3 aromatic rings. The van der Waals surface area contributed by atoms with Crippen molar-refractivity contribution in [2.24, 2.45) is 5.14 Å². The van der Waals surface area contributed by atoms with Crippen molar-refractivity contribution in [2.45, 2.75) is 13.1 Å². The van der Waals surface area contributed by atoms with Crippen molar-refractivity contribution in [1.82, 2.24) is 19.1 Å². The molecule has 0 atom stereocenters. The zero-order valence-corrected chi connectivity index (χ0v) is 13.8. The third kappa shape index (κ3) is 2.06. The van der Waals surface area contributed by atoms with Gasteiger partial charge in [-0.2, -0.15) is 5.10 Å². The molecule has 0 bridgehead atoms. The van der Waals surface area contributed by atoms with Crippen molar-refractivity contribution in [2.75, 3.05) is 6.54 Å². The summed E-state index contributed by atoms with van der Waals surface area (Å²) in [5, 5.41) is 15.0. The molecule has 3 N–H and O–H groups in total. The lowest BCUT2D eigenvalue weighted by atomic mass is 10.0. The number of H-pyrrole nitrogens is 1. The Morgan fingerprint density at radius 2 is 2.14 bits per heavy atom. The van der Waals surface area contributed by atoms with Crippen molar-refractivity contribution in [3.05, 3.63) is 40.3 Å². The van der Waals surface area contributed by atoms with E-state index in [0.717, 1.165) is 41.7 Å². The van der Waals surface area contributed by atoms with Crippen molar-refractivity contribution >= 4 is 46.2 Å². The lowest BCUT2D eigenvalue weighted by Gasteiger charge is -2.27. The second-order valence-electron chi connectivity index (χ2n) is 5.19. The van der Waals surface area contributed by atoms with Gasteiger partial charge in [-0.15, -0.1) is 0 Å². The van der Waals surface area contributed by atoms with Crippen LogP contribution in [0.5, 0.6) is 0 Å². The van der Waals surface area contributed by atoms with Crippen molar-refractivity contribution in [3.63, 3.8) is 0 Å². The van der Waals surface area contributed by atoms with Crippen LogP contribution in [0.2, 0.25) is 10.0 Å². The fraction of sp³-hybridized carbons (Fsp3) is 0.214. The quantitative estimate of drug-likeness (QED) is 0.690. The second-order valence-corrected chi connectivity index (χ2v) is 6.70. The molecule has 1 aromatic carbocycles. The molecule has 0 saturated heterocycles. The minimum Gasteiger partial charge on any atom is -0.340 e. The number of hydrogen-bond donors (Lipinski definition) is 2. The molecule has 0 aliphatic carbocycles. The highest BCUT2D eigenvalue weighted by Gasteiger charge is 2.26. The summed E-state index contributed by atoms with van der Waals surface area (Å²) in [6.45, 7) is 2.45. The maximum Gasteiger partial charge on any atom is 0.0835 e. The molecule has 2 aromatic heterocycles. The fourth-order valence-electron chi connectivity index (χ4n) is 3.10. The average Bonchev–Trinajstić information content (AvgIpc) is 3.15. The van der Waals surface area contributed by atoms with Crippen LogP contribution in [0.1, 0.15) is 5.69 Å². The fourth-order valence-corrected chi connectivity index (χ4v) is 3.90. The molecule has 5 nitrogen and oxygen atoms in total. The topological polar surface area (TPSA) is 62.9 Å². The lowest BCUT2D eigenvalue weighted by Crippen LogP contribution is -2.29. The number of halogens is 2. The molecule has 22 heavy (non-hydrogen) atoms. The van der Waals surface area contributed by atoms with Gasteiger partial charge in [0.25, 0.3) is 0 Å². The van der Waals surface area contributed by atoms with Crippen molar-refractivity contribution < 1.29 is 0 Å². The van der Waals surface area contributed by atoms with E-state index in [1.807, 2.05) is 24.5 Å². The van der Waals surface area contributed by atoms with Gasteiger partial charge >= 0.3 is 0 Å². The van der Waals surface area contributed by atoms with Gasteiger partial charge in [-0.25, -0.2) is 4.31 Å². The molecule has 0 saturated carbocycles. The number of benzene rings is 1. The molecule has 0 radical (unpaired) electrons. The van der Waals surface area contributed by atoms with Gasteiger partial charge in [0, 0.05) is 53.6 Å². The van der Waals surface area contributed by atoms with Gasteiger partial charge in [-0.05, 0) is 6.07 Å². The Hall–Kier alpha value is -1.18. The number of nitrogens with one attached hydrogen (secondary N) is 1. The summed E-state index contributed by atoms with van der Waals surface area (Å²) in [7, 11) is 0. The van der Waals surface area contributed by atoms with E-state index in [2.05, 4.69) is 19.1 Å². The first kappa shape index (κ1) is 14.4. The SMILES string of the molecule is NSN1CCn2c(c(-c3cn[nH]c3)c3ccc(Cl)c(Cl)c32)C1. The van der Waals surface area contributed by atoms with Gasteiger partial charge < -0.3 is 4.57 Å². The van der Waals surface area contributed by atoms with Crippen LogP contribution in [0.25, 0.3) is 22.0 Å². The van der Waals surface area contributed by atoms with E-state index in [-0.39, 0.29) is 0 Å². The molecular formula is C14H13Cl2N5S. The molecule has 0 spiro atoms. The van der Waals surface area contributed by atoms with Gasteiger partial charge in [-0.3, -0.25) is 10.2 Å². The van der Waals surface area contributed by atoms with Crippen LogP contribution in [-0.2, 0) is 13.1 Å². The Kier molecular flexibility index (Phi) is 3.58. The van der Waals surface area contributed by atoms with E-state index in [1.54, 1.807) is 0 Å². The molecule has 0 unspecified atom stereocenters. The van der Waals surface area contributed by atoms with Gasteiger partial charge in [0.05, 0.1) is 28.3 Å². The average molecular weight is 354 g/mol. The molecule has 1 aliphatic rings. The summed E-state index contributed by atoms with van der Waals surface area (Å²) in [6, 6.07) is 3.87. The number of nitrogens with two attached hydrogens (primary N) is 1. The first-order valence-electron chi connectivity index (χ1n) is 6.80. The van der Waals surface area contributed by atoms with Crippen molar-refractivity contribution in [3.8, 4) is 11.1 Å². The Balaban J connectivity index is 2.07. The Morgan fingerprint density at radius 3 is 2.86 bits per heavy atom. The zero-order valence-electron chi connectivity index (χ0n) is 11.5. The molecule has 4 rings (SSSR count). The van der Waals surface area contributed by atoms with E-state index in [4.69, 9.17) is 28.3 Å². The minimum atomic E-state index is 0.573. The molecule has 114 valence electrons. The molecule has 3 heterocycles. The summed E-state index contributed by atoms with van der Waals surface area (Å²) in [6.07, 6.45) is 3.72. The third-order valence-corrected chi connectivity index (χ3v) is 5.46. The number of fused-ring (bicyclic) bond motifs is 3. The van der Waals surface area contributed by atoms with Gasteiger partial charge in [0.1, 0.15) is 0 Å². The third-order valence-electron chi connectivity index (χ3n) is 4.06. The van der Waals surface area contributed by atoms with Crippen LogP contribution in [0.4, 0.5) is 0 Å². The van der Waals surface area contributed by atoms with Crippen LogP contribution in [-0.4, -0.2) is 25.6 Å². The minimum absolute atomic E-state index is 0.573. The van der Waals surface area contributed by atoms with Crippen LogP contribution >= 0.6 is 35.3 Å². The predicted octanol–water partition coefficient (Wildman–Crippen LogP) is 3.68. The number of aromatic amines is 1. The predicted molar refractivity (Wildman–Crippen MR) is 91.7 cm³/mol. The number of hydrogen-bond acceptors (Lipinski definition) is 4. The maximum atomic E-state index is 6.49. The molecule has 0 amide bonds. The molecule has 0 fully saturated rings. The van der Waals surface area contributed by atoms with Crippen LogP contribution in [0.3, 0.4) is 0 Å². The van der Waals surface area contributed by atoms with Crippen LogP contribution in [0, 0.1) is 0 Å². The summed E-state index contributed by atoms with van der Waals surface area (Å²) in [5.74, 6) is 0. The summed E-state index contributed by atoms with van der Waals surface area (Å²) in [5.41, 5.74) is 4.36. The van der Waals surface area contributed by atoms with E-state index >= 15 is 0 Å². The first-order chi connectivity index (χ1) is 10.7. The monoisotopic (exact) mass is 353 g/mol. The lowest BCUT2D eigenvalue weighted by molar-refractivity contribution is 0.382. The summed E-state index contributed by atoms with van der Waals surface area (Å²) < 4.78 is 4.38. The number of aromatic nitrogens is 3. The Bertz CT molecular complexity index is 843. The Morgan fingerprint density at radius 1 is 1.27 bits per heavy atom. The van der Waals surface area contributed by atoms with E-state index in [1.165, 1.54) is 17.8 Å². The molecule has 1 aliphatic heterocycles. The van der Waals surface area contributed by atoms with Gasteiger partial charge in [0.2, 0.25) is 0 Å². The number of nitrogens with zero attached hydrogens (tertiary/aromatic N) is 3. The summed E-state index contributed by atoms with van der Waals surface area (Å²) >= 11 is 14.0. The Labute approximate surface area is 141 Å². The second kappa shape index (κ2) is 5.47. The standard InChI is InChI=1S/C14H13Cl2N5S/c15-10-2-1-9-12(8-5-18-19-6-8)11-7-20(22-17)3-4-21(11)14(9)13(10)16/h1-2,5-6H,3-4,7,17H2,(H,18,19). The van der Waals surface area contributed by atoms with Gasteiger partial charge in [-0.1, -0.05) is 29.3 Å². The summed E-state index contributed by atoms with van der Waals surface area (Å²) in [4.78, 5) is 0. The zero-order chi connectivity index (χ0) is 15.3. The van der Waals surface area contributed by atoms with Crippen LogP contribution in [0.15, 0.2) is 24.5 Å². The van der Waals surface area contributed by atoms with Crippen molar-refractivity contribution in [1.29, 1.82) is 0 Å². The van der Waals surface area contributed by atoms with Crippen LogP contribution < -0.4 is 5.14 Å². The normalized spacial score (nSPS) is 15.4. The first-order valence-corrected chi connectivity index (χ1v) is 8.40. The van der Waals surface area contributed by atoms with Gasteiger partial charge in [0.15, 0.2) is 0 Å². The molecular weight excluding hydrogens is 341 g/mol. The highest BCUT2D eigenvalue weighted by atomic mass is 35.5. The largest absolute Gasteiger partial charge is 0.340 e. The van der Waals surface area contributed by atoms with E-state index in [9.17, 15) is 0 Å². The highest BCUT2D eigenvalue weighted by molar-refractivity contribution is 7.94. The molecule has 8 heteroatoms. The van der Waals surface area contributed by atoms with E-state index in [0.29, 0.717) is 10.0 Å². The smallest absolute Gasteiger partial charge is 0.0835 e. The number of rotatable bonds is 2. The van der Waals surface area contributed by atoms with E-state index < -0.39 is 0 Å².